The van der Waals surface area contributed by atoms with E-state index in [1.807, 2.05) is 0 Å². The smallest absolute Gasteiger partial charge is 0.410 e. The molecule has 1 aliphatic rings. The average Bonchev–Trinajstić information content (AvgIpc) is 2.64. The molecule has 1 aliphatic heterocycles. The quantitative estimate of drug-likeness (QED) is 0.867. The molecule has 1 aromatic rings. The summed E-state index contributed by atoms with van der Waals surface area (Å²) in [5.74, 6) is -1.32. The van der Waals surface area contributed by atoms with Gasteiger partial charge < -0.3 is 15.4 Å². The van der Waals surface area contributed by atoms with Crippen molar-refractivity contribution in [3.63, 3.8) is 0 Å². The molecule has 0 spiro atoms. The molecule has 17 heavy (non-hydrogen) atoms. The predicted molar refractivity (Wildman–Crippen MR) is 56.1 cm³/mol. The fourth-order valence-electron chi connectivity index (χ4n) is 1.68. The van der Waals surface area contributed by atoms with Gasteiger partial charge in [-0.3, -0.25) is 0 Å². The third-order valence-electron chi connectivity index (χ3n) is 2.59. The van der Waals surface area contributed by atoms with E-state index >= 15 is 0 Å². The number of rotatable bonds is 3. The number of carbonyl (C=O) groups is 1. The lowest BCUT2D eigenvalue weighted by molar-refractivity contribution is 0.134. The van der Waals surface area contributed by atoms with Crippen molar-refractivity contribution in [3.8, 4) is 0 Å². The molecule has 1 fully saturated rings. The number of ether oxygens (including phenoxy) is 1. The van der Waals surface area contributed by atoms with Gasteiger partial charge in [0.25, 0.3) is 0 Å². The van der Waals surface area contributed by atoms with Crippen molar-refractivity contribution in [1.29, 1.82) is 0 Å². The molecule has 1 saturated heterocycles. The fraction of sp³-hybridized carbons (Fsp3) is 0.364. The first kappa shape index (κ1) is 11.8. The van der Waals surface area contributed by atoms with Crippen LogP contribution in [0, 0.1) is 11.6 Å². The highest BCUT2D eigenvalue weighted by Gasteiger charge is 2.30. The Bertz CT molecular complexity index is 439. The van der Waals surface area contributed by atoms with Crippen LogP contribution in [0.2, 0.25) is 0 Å². The van der Waals surface area contributed by atoms with Crippen molar-refractivity contribution in [2.75, 3.05) is 13.1 Å². The summed E-state index contributed by atoms with van der Waals surface area (Å²) >= 11 is 0. The zero-order valence-electron chi connectivity index (χ0n) is 9.03. The van der Waals surface area contributed by atoms with Crippen LogP contribution in [0.4, 0.5) is 13.6 Å². The molecule has 6 heteroatoms. The van der Waals surface area contributed by atoms with Crippen LogP contribution in [0.1, 0.15) is 5.56 Å². The molecule has 0 aromatic heterocycles. The second kappa shape index (κ2) is 4.67. The van der Waals surface area contributed by atoms with Crippen molar-refractivity contribution in [2.45, 2.75) is 12.6 Å². The van der Waals surface area contributed by atoms with Crippen LogP contribution in [-0.2, 0) is 11.3 Å². The van der Waals surface area contributed by atoms with Gasteiger partial charge in [0.05, 0.1) is 13.1 Å². The fourth-order valence-corrected chi connectivity index (χ4v) is 1.68. The molecule has 1 unspecified atom stereocenters. The summed E-state index contributed by atoms with van der Waals surface area (Å²) < 4.78 is 31.0. The molecule has 0 aliphatic carbocycles. The molecule has 2 N–H and O–H groups in total. The molecule has 4 nitrogen and oxygen atoms in total. The van der Waals surface area contributed by atoms with E-state index < -0.39 is 17.7 Å². The molecular formula is C11H12F2N2O2. The molecule has 92 valence electrons. The maximum atomic E-state index is 13.4. The SMILES string of the molecule is NCC1CN(Cc2ccc(F)cc2F)C(=O)O1. The number of amides is 1. The van der Waals surface area contributed by atoms with Crippen LogP contribution in [0.3, 0.4) is 0 Å². The maximum absolute atomic E-state index is 13.4. The van der Waals surface area contributed by atoms with Gasteiger partial charge in [-0.2, -0.15) is 0 Å². The monoisotopic (exact) mass is 242 g/mol. The molecule has 1 atom stereocenters. The number of benzene rings is 1. The van der Waals surface area contributed by atoms with Crippen LogP contribution in [0.25, 0.3) is 0 Å². The highest BCUT2D eigenvalue weighted by Crippen LogP contribution is 2.17. The van der Waals surface area contributed by atoms with Crippen LogP contribution >= 0.6 is 0 Å². The molecule has 0 bridgehead atoms. The third kappa shape index (κ3) is 2.52. The Morgan fingerprint density at radius 2 is 2.24 bits per heavy atom. The number of hydrogen-bond donors (Lipinski definition) is 1. The summed E-state index contributed by atoms with van der Waals surface area (Å²) in [6.07, 6.45) is -0.879. The van der Waals surface area contributed by atoms with Gasteiger partial charge in [-0.15, -0.1) is 0 Å². The van der Waals surface area contributed by atoms with Gasteiger partial charge in [0, 0.05) is 18.2 Å². The van der Waals surface area contributed by atoms with Gasteiger partial charge in [-0.25, -0.2) is 13.6 Å². The molecule has 1 heterocycles. The van der Waals surface area contributed by atoms with Crippen LogP contribution < -0.4 is 5.73 Å². The van der Waals surface area contributed by atoms with E-state index in [9.17, 15) is 13.6 Å². The Kier molecular flexibility index (Phi) is 3.23. The number of halogens is 2. The second-order valence-corrected chi connectivity index (χ2v) is 3.86. The van der Waals surface area contributed by atoms with Gasteiger partial charge in [0.15, 0.2) is 0 Å². The molecule has 1 aromatic carbocycles. The van der Waals surface area contributed by atoms with Gasteiger partial charge in [-0.1, -0.05) is 6.07 Å². The summed E-state index contributed by atoms with van der Waals surface area (Å²) in [5.41, 5.74) is 5.62. The van der Waals surface area contributed by atoms with Gasteiger partial charge in [-0.05, 0) is 6.07 Å². The lowest BCUT2D eigenvalue weighted by atomic mass is 10.2. The van der Waals surface area contributed by atoms with E-state index in [4.69, 9.17) is 10.5 Å². The maximum Gasteiger partial charge on any atom is 0.410 e. The zero-order valence-corrected chi connectivity index (χ0v) is 9.03. The van der Waals surface area contributed by atoms with Crippen LogP contribution in [0.15, 0.2) is 18.2 Å². The highest BCUT2D eigenvalue weighted by atomic mass is 19.1. The number of hydrogen-bond acceptors (Lipinski definition) is 3. The third-order valence-corrected chi connectivity index (χ3v) is 2.59. The number of nitrogens with zero attached hydrogens (tertiary/aromatic N) is 1. The Morgan fingerprint density at radius 3 is 2.82 bits per heavy atom. The molecule has 0 saturated carbocycles. The van der Waals surface area contributed by atoms with E-state index in [-0.39, 0.29) is 24.8 Å². The Labute approximate surface area is 97.0 Å². The van der Waals surface area contributed by atoms with Crippen molar-refractivity contribution >= 4 is 6.09 Å². The number of nitrogens with two attached hydrogens (primary N) is 1. The van der Waals surface area contributed by atoms with E-state index in [0.29, 0.717) is 6.54 Å². The average molecular weight is 242 g/mol. The van der Waals surface area contributed by atoms with E-state index in [0.717, 1.165) is 12.1 Å². The largest absolute Gasteiger partial charge is 0.443 e. The Morgan fingerprint density at radius 1 is 1.47 bits per heavy atom. The van der Waals surface area contributed by atoms with E-state index in [1.165, 1.54) is 11.0 Å². The first-order valence-corrected chi connectivity index (χ1v) is 5.19. The summed E-state index contributed by atoms with van der Waals surface area (Å²) in [7, 11) is 0. The first-order valence-electron chi connectivity index (χ1n) is 5.19. The van der Waals surface area contributed by atoms with E-state index in [2.05, 4.69) is 0 Å². The van der Waals surface area contributed by atoms with Crippen molar-refractivity contribution in [1.82, 2.24) is 4.90 Å². The normalized spacial score (nSPS) is 19.6. The van der Waals surface area contributed by atoms with E-state index in [1.54, 1.807) is 0 Å². The number of carbonyl (C=O) groups excluding carboxylic acids is 1. The van der Waals surface area contributed by atoms with Crippen molar-refractivity contribution in [2.24, 2.45) is 5.73 Å². The lowest BCUT2D eigenvalue weighted by Gasteiger charge is -2.13. The summed E-state index contributed by atoms with van der Waals surface area (Å²) in [5, 5.41) is 0. The minimum Gasteiger partial charge on any atom is -0.443 e. The number of cyclic esters (lactones) is 1. The minimum absolute atomic E-state index is 0.0570. The highest BCUT2D eigenvalue weighted by molar-refractivity contribution is 5.70. The Balaban J connectivity index is 2.08. The van der Waals surface area contributed by atoms with Crippen LogP contribution in [-0.4, -0.2) is 30.2 Å². The van der Waals surface area contributed by atoms with Crippen molar-refractivity contribution < 1.29 is 18.3 Å². The second-order valence-electron chi connectivity index (χ2n) is 3.86. The lowest BCUT2D eigenvalue weighted by Crippen LogP contribution is -2.27. The summed E-state index contributed by atoms with van der Waals surface area (Å²) in [6, 6.07) is 3.26. The Hall–Kier alpha value is -1.69. The molecule has 1 amide bonds. The predicted octanol–water partition coefficient (Wildman–Crippen LogP) is 1.24. The van der Waals surface area contributed by atoms with Gasteiger partial charge >= 0.3 is 6.09 Å². The van der Waals surface area contributed by atoms with Gasteiger partial charge in [0.1, 0.15) is 17.7 Å². The summed E-state index contributed by atoms with van der Waals surface area (Å²) in [4.78, 5) is 12.7. The standard InChI is InChI=1S/C11H12F2N2O2/c12-8-2-1-7(10(13)3-8)5-15-6-9(4-14)17-11(15)16/h1-3,9H,4-6,14H2. The topological polar surface area (TPSA) is 55.6 Å². The summed E-state index contributed by atoms with van der Waals surface area (Å²) in [6.45, 7) is 0.613. The van der Waals surface area contributed by atoms with Crippen LogP contribution in [0.5, 0.6) is 0 Å². The minimum atomic E-state index is -0.672. The molecule has 2 rings (SSSR count). The first-order chi connectivity index (χ1) is 8.10. The van der Waals surface area contributed by atoms with Gasteiger partial charge in [0.2, 0.25) is 0 Å². The van der Waals surface area contributed by atoms with Crippen molar-refractivity contribution in [3.05, 3.63) is 35.4 Å². The molecule has 0 radical (unpaired) electrons. The zero-order chi connectivity index (χ0) is 12.4. The molecular weight excluding hydrogens is 230 g/mol.